The second-order valence-corrected chi connectivity index (χ2v) is 6.48. The minimum atomic E-state index is -0.918. The van der Waals surface area contributed by atoms with Gasteiger partial charge in [-0.1, -0.05) is 0 Å². The summed E-state index contributed by atoms with van der Waals surface area (Å²) in [6, 6.07) is -1.73. The minimum Gasteiger partial charge on any atom is -0.467 e. The summed E-state index contributed by atoms with van der Waals surface area (Å²) in [5.74, 6) is -1.66. The number of hydrogen-bond donors (Lipinski definition) is 2. The lowest BCUT2D eigenvalue weighted by molar-refractivity contribution is -0.148. The number of likely N-dealkylation sites (tertiary alicyclic amines) is 1. The van der Waals surface area contributed by atoms with Crippen molar-refractivity contribution in [3.05, 3.63) is 0 Å². The highest BCUT2D eigenvalue weighted by Gasteiger charge is 2.41. The maximum absolute atomic E-state index is 12.6. The quantitative estimate of drug-likeness (QED) is 0.660. The molecule has 1 aliphatic heterocycles. The maximum Gasteiger partial charge on any atom is 0.328 e. The van der Waals surface area contributed by atoms with Gasteiger partial charge in [0.1, 0.15) is 17.9 Å². The van der Waals surface area contributed by atoms with E-state index in [1.807, 2.05) is 0 Å². The first kappa shape index (κ1) is 18.4. The van der Waals surface area contributed by atoms with Crippen molar-refractivity contribution in [1.29, 1.82) is 0 Å². The molecule has 2 fully saturated rings. The van der Waals surface area contributed by atoms with Crippen LogP contribution < -0.4 is 5.32 Å². The zero-order valence-corrected chi connectivity index (χ0v) is 14.0. The lowest BCUT2D eigenvalue weighted by Crippen LogP contribution is -2.53. The predicted molar refractivity (Wildman–Crippen MR) is 82.7 cm³/mol. The monoisotopic (exact) mass is 340 g/mol. The standard InChI is InChI=1S/C16H24N2O6/c1-9(19)18-8-12(21)7-13(18)15(22)17-14(16(23)24-2)10-4-3-5-11(20)6-10/h10,12-14,21H,3-8H2,1-2H3,(H,17,22)/t10-,12+,13-,14-/m0/s1. The maximum atomic E-state index is 12.6. The average molecular weight is 340 g/mol. The van der Waals surface area contributed by atoms with E-state index < -0.39 is 30.1 Å². The fourth-order valence-corrected chi connectivity index (χ4v) is 3.50. The molecular weight excluding hydrogens is 316 g/mol. The van der Waals surface area contributed by atoms with E-state index in [1.165, 1.54) is 18.9 Å². The van der Waals surface area contributed by atoms with Crippen LogP contribution in [0.3, 0.4) is 0 Å². The van der Waals surface area contributed by atoms with Gasteiger partial charge in [0, 0.05) is 32.7 Å². The zero-order chi connectivity index (χ0) is 17.9. The average Bonchev–Trinajstić information content (AvgIpc) is 2.94. The van der Waals surface area contributed by atoms with Crippen LogP contribution in [0.5, 0.6) is 0 Å². The highest BCUT2D eigenvalue weighted by Crippen LogP contribution is 2.26. The lowest BCUT2D eigenvalue weighted by atomic mass is 9.83. The van der Waals surface area contributed by atoms with Crippen molar-refractivity contribution in [1.82, 2.24) is 10.2 Å². The summed E-state index contributed by atoms with van der Waals surface area (Å²) in [4.78, 5) is 49.2. The molecule has 1 heterocycles. The Morgan fingerprint density at radius 1 is 1.38 bits per heavy atom. The molecule has 0 bridgehead atoms. The Bertz CT molecular complexity index is 535. The summed E-state index contributed by atoms with van der Waals surface area (Å²) >= 11 is 0. The van der Waals surface area contributed by atoms with Crippen LogP contribution in [0.15, 0.2) is 0 Å². The Labute approximate surface area is 140 Å². The third-order valence-corrected chi connectivity index (χ3v) is 4.73. The number of carbonyl (C=O) groups is 4. The molecule has 1 saturated heterocycles. The fourth-order valence-electron chi connectivity index (χ4n) is 3.50. The van der Waals surface area contributed by atoms with Gasteiger partial charge in [-0.15, -0.1) is 0 Å². The van der Waals surface area contributed by atoms with Crippen LogP contribution in [0.2, 0.25) is 0 Å². The molecule has 2 aliphatic rings. The molecule has 4 atom stereocenters. The number of methoxy groups -OCH3 is 1. The van der Waals surface area contributed by atoms with Gasteiger partial charge < -0.3 is 20.1 Å². The van der Waals surface area contributed by atoms with E-state index >= 15 is 0 Å². The minimum absolute atomic E-state index is 0.0658. The first-order valence-electron chi connectivity index (χ1n) is 8.18. The van der Waals surface area contributed by atoms with Crippen LogP contribution in [-0.2, 0) is 23.9 Å². The van der Waals surface area contributed by atoms with E-state index in [0.717, 1.165) is 0 Å². The van der Waals surface area contributed by atoms with Gasteiger partial charge in [0.25, 0.3) is 0 Å². The van der Waals surface area contributed by atoms with Crippen molar-refractivity contribution in [2.75, 3.05) is 13.7 Å². The van der Waals surface area contributed by atoms with Gasteiger partial charge in [-0.2, -0.15) is 0 Å². The third kappa shape index (κ3) is 4.11. The molecule has 0 spiro atoms. The lowest BCUT2D eigenvalue weighted by Gasteiger charge is -2.30. The summed E-state index contributed by atoms with van der Waals surface area (Å²) < 4.78 is 4.76. The Hall–Kier alpha value is -1.96. The molecule has 0 aromatic rings. The number of nitrogens with one attached hydrogen (secondary N) is 1. The molecule has 8 nitrogen and oxygen atoms in total. The van der Waals surface area contributed by atoms with Gasteiger partial charge in [0.05, 0.1) is 13.2 Å². The third-order valence-electron chi connectivity index (χ3n) is 4.73. The second kappa shape index (κ2) is 7.74. The topological polar surface area (TPSA) is 113 Å². The smallest absolute Gasteiger partial charge is 0.328 e. The van der Waals surface area contributed by atoms with Crippen LogP contribution in [0, 0.1) is 5.92 Å². The van der Waals surface area contributed by atoms with Crippen molar-refractivity contribution >= 4 is 23.6 Å². The molecule has 0 unspecified atom stereocenters. The van der Waals surface area contributed by atoms with E-state index in [2.05, 4.69) is 5.32 Å². The molecule has 1 aliphatic carbocycles. The predicted octanol–water partition coefficient (Wildman–Crippen LogP) is -0.615. The van der Waals surface area contributed by atoms with E-state index in [1.54, 1.807) is 0 Å². The molecule has 0 aromatic heterocycles. The first-order valence-corrected chi connectivity index (χ1v) is 8.18. The molecule has 1 saturated carbocycles. The van der Waals surface area contributed by atoms with Crippen LogP contribution in [0.25, 0.3) is 0 Å². The zero-order valence-electron chi connectivity index (χ0n) is 14.0. The van der Waals surface area contributed by atoms with Gasteiger partial charge in [-0.05, 0) is 18.8 Å². The first-order chi connectivity index (χ1) is 11.3. The number of aliphatic hydroxyl groups is 1. The normalized spacial score (nSPS) is 28.4. The molecule has 8 heteroatoms. The number of carbonyl (C=O) groups excluding carboxylic acids is 4. The van der Waals surface area contributed by atoms with Gasteiger partial charge >= 0.3 is 5.97 Å². The number of hydrogen-bond acceptors (Lipinski definition) is 6. The van der Waals surface area contributed by atoms with Gasteiger partial charge in [-0.3, -0.25) is 14.4 Å². The number of ether oxygens (including phenoxy) is 1. The van der Waals surface area contributed by atoms with Crippen molar-refractivity contribution in [2.24, 2.45) is 5.92 Å². The Kier molecular flexibility index (Phi) is 5.93. The molecule has 24 heavy (non-hydrogen) atoms. The van der Waals surface area contributed by atoms with Gasteiger partial charge in [0.2, 0.25) is 11.8 Å². The molecular formula is C16H24N2O6. The SMILES string of the molecule is COC(=O)[C@@H](NC(=O)[C@@H]1C[C@@H](O)CN1C(C)=O)[C@H]1CCCC(=O)C1. The van der Waals surface area contributed by atoms with E-state index in [4.69, 9.17) is 4.74 Å². The summed E-state index contributed by atoms with van der Waals surface area (Å²) in [5, 5.41) is 12.4. The van der Waals surface area contributed by atoms with Gasteiger partial charge in [0.15, 0.2) is 0 Å². The Morgan fingerprint density at radius 2 is 2.08 bits per heavy atom. The van der Waals surface area contributed by atoms with E-state index in [-0.39, 0.29) is 37.0 Å². The number of nitrogens with zero attached hydrogens (tertiary/aromatic N) is 1. The van der Waals surface area contributed by atoms with Gasteiger partial charge in [-0.25, -0.2) is 4.79 Å². The number of aliphatic hydroxyl groups excluding tert-OH is 1. The summed E-state index contributed by atoms with van der Waals surface area (Å²) in [5.41, 5.74) is 0. The summed E-state index contributed by atoms with van der Waals surface area (Å²) in [6.45, 7) is 1.42. The number of rotatable bonds is 4. The largest absolute Gasteiger partial charge is 0.467 e. The molecule has 2 amide bonds. The number of β-amino-alcohol motifs (C(OH)–C–C–N with tert-alkyl or cyclic N) is 1. The second-order valence-electron chi connectivity index (χ2n) is 6.48. The van der Waals surface area contributed by atoms with Crippen LogP contribution >= 0.6 is 0 Å². The molecule has 2 N–H and O–H groups in total. The Balaban J connectivity index is 2.10. The number of esters is 1. The van der Waals surface area contributed by atoms with E-state index in [9.17, 15) is 24.3 Å². The van der Waals surface area contributed by atoms with Crippen molar-refractivity contribution < 1.29 is 29.0 Å². The van der Waals surface area contributed by atoms with Crippen LogP contribution in [0.4, 0.5) is 0 Å². The van der Waals surface area contributed by atoms with Crippen molar-refractivity contribution in [3.63, 3.8) is 0 Å². The molecule has 0 radical (unpaired) electrons. The fraction of sp³-hybridized carbons (Fsp3) is 0.750. The van der Waals surface area contributed by atoms with Crippen molar-refractivity contribution in [3.8, 4) is 0 Å². The molecule has 0 aromatic carbocycles. The molecule has 134 valence electrons. The summed E-state index contributed by atoms with van der Waals surface area (Å²) in [7, 11) is 1.23. The number of Topliss-reactive ketones (excluding diaryl/α,β-unsaturated/α-hetero) is 1. The number of ketones is 1. The number of amides is 2. The van der Waals surface area contributed by atoms with E-state index in [0.29, 0.717) is 19.3 Å². The van der Waals surface area contributed by atoms with Crippen molar-refractivity contribution in [2.45, 2.75) is 57.2 Å². The summed E-state index contributed by atoms with van der Waals surface area (Å²) in [6.07, 6.45) is 1.40. The highest BCUT2D eigenvalue weighted by molar-refractivity contribution is 5.91. The van der Waals surface area contributed by atoms with Crippen LogP contribution in [-0.4, -0.2) is 65.4 Å². The van der Waals surface area contributed by atoms with Crippen LogP contribution in [0.1, 0.15) is 39.0 Å². The highest BCUT2D eigenvalue weighted by atomic mass is 16.5. The molecule has 2 rings (SSSR count). The Morgan fingerprint density at radius 3 is 2.67 bits per heavy atom.